The summed E-state index contributed by atoms with van der Waals surface area (Å²) in [6.07, 6.45) is 6.84. The van der Waals surface area contributed by atoms with Gasteiger partial charge < -0.3 is 14.0 Å². The van der Waals surface area contributed by atoms with Crippen LogP contribution in [0.4, 0.5) is 0 Å². The number of ether oxygens (including phenoxy) is 2. The van der Waals surface area contributed by atoms with E-state index in [1.165, 1.54) is 0 Å². The van der Waals surface area contributed by atoms with Gasteiger partial charge in [-0.15, -0.1) is 0 Å². The summed E-state index contributed by atoms with van der Waals surface area (Å²) in [5, 5.41) is 0. The zero-order valence-electron chi connectivity index (χ0n) is 9.91. The Bertz CT molecular complexity index is 452. The number of pyridine rings is 1. The lowest BCUT2D eigenvalue weighted by molar-refractivity contribution is -0.110. The van der Waals surface area contributed by atoms with E-state index in [0.29, 0.717) is 6.54 Å². The van der Waals surface area contributed by atoms with Gasteiger partial charge in [-0.1, -0.05) is 0 Å². The molecule has 0 aromatic carbocycles. The van der Waals surface area contributed by atoms with Crippen LogP contribution in [0.25, 0.3) is 11.3 Å². The number of hydrogen-bond acceptors (Lipinski definition) is 4. The predicted octanol–water partition coefficient (Wildman–Crippen LogP) is 1.56. The summed E-state index contributed by atoms with van der Waals surface area (Å²) in [6, 6.07) is 3.89. The van der Waals surface area contributed by atoms with Crippen molar-refractivity contribution >= 4 is 0 Å². The Kier molecular flexibility index (Phi) is 3.85. The fourth-order valence-corrected chi connectivity index (χ4v) is 1.63. The Labute approximate surface area is 100 Å². The van der Waals surface area contributed by atoms with Gasteiger partial charge in [-0.2, -0.15) is 0 Å². The van der Waals surface area contributed by atoms with Gasteiger partial charge >= 0.3 is 0 Å². The van der Waals surface area contributed by atoms with Gasteiger partial charge in [0.15, 0.2) is 6.29 Å². The Balaban J connectivity index is 2.23. The topological polar surface area (TPSA) is 49.2 Å². The van der Waals surface area contributed by atoms with E-state index >= 15 is 0 Å². The number of aromatic nitrogens is 3. The van der Waals surface area contributed by atoms with Gasteiger partial charge in [0.05, 0.1) is 24.8 Å². The highest BCUT2D eigenvalue weighted by molar-refractivity contribution is 5.57. The Hall–Kier alpha value is -1.72. The van der Waals surface area contributed by atoms with Crippen molar-refractivity contribution in [1.29, 1.82) is 0 Å². The van der Waals surface area contributed by atoms with Gasteiger partial charge in [0.1, 0.15) is 0 Å². The van der Waals surface area contributed by atoms with Crippen molar-refractivity contribution in [3.05, 3.63) is 37.1 Å². The van der Waals surface area contributed by atoms with E-state index in [0.717, 1.165) is 11.3 Å². The molecule has 2 aromatic rings. The first-order valence-corrected chi connectivity index (χ1v) is 5.31. The number of nitrogens with zero attached hydrogens (tertiary/aromatic N) is 3. The molecule has 2 heterocycles. The highest BCUT2D eigenvalue weighted by Gasteiger charge is 2.10. The molecule has 0 aliphatic heterocycles. The zero-order valence-corrected chi connectivity index (χ0v) is 9.91. The maximum absolute atomic E-state index is 5.18. The first-order chi connectivity index (χ1) is 8.35. The second-order valence-electron chi connectivity index (χ2n) is 3.57. The predicted molar refractivity (Wildman–Crippen MR) is 63.3 cm³/mol. The average Bonchev–Trinajstić information content (AvgIpc) is 2.85. The molecule has 0 N–H and O–H groups in total. The SMILES string of the molecule is COC(Cn1cncc1-c1cccnc1)OC. The van der Waals surface area contributed by atoms with Crippen molar-refractivity contribution in [2.45, 2.75) is 12.8 Å². The number of methoxy groups -OCH3 is 2. The molecule has 0 unspecified atom stereocenters. The number of imidazole rings is 1. The average molecular weight is 233 g/mol. The molecule has 90 valence electrons. The summed E-state index contributed by atoms with van der Waals surface area (Å²) in [5.74, 6) is 0. The highest BCUT2D eigenvalue weighted by atomic mass is 16.7. The number of rotatable bonds is 5. The van der Waals surface area contributed by atoms with Crippen LogP contribution in [-0.2, 0) is 16.0 Å². The van der Waals surface area contributed by atoms with Crippen molar-refractivity contribution < 1.29 is 9.47 Å². The molecule has 0 bridgehead atoms. The highest BCUT2D eigenvalue weighted by Crippen LogP contribution is 2.17. The van der Waals surface area contributed by atoms with E-state index in [2.05, 4.69) is 9.97 Å². The van der Waals surface area contributed by atoms with E-state index < -0.39 is 0 Å². The summed E-state index contributed by atoms with van der Waals surface area (Å²) >= 11 is 0. The van der Waals surface area contributed by atoms with Crippen LogP contribution in [0.15, 0.2) is 37.1 Å². The van der Waals surface area contributed by atoms with Gasteiger partial charge in [-0.25, -0.2) is 4.98 Å². The molecule has 17 heavy (non-hydrogen) atoms. The lowest BCUT2D eigenvalue weighted by Gasteiger charge is -2.15. The van der Waals surface area contributed by atoms with Gasteiger partial charge in [-0.3, -0.25) is 4.98 Å². The third-order valence-corrected chi connectivity index (χ3v) is 2.54. The molecule has 0 aliphatic rings. The largest absolute Gasteiger partial charge is 0.354 e. The molecule has 0 fully saturated rings. The van der Waals surface area contributed by atoms with Gasteiger partial charge in [0.25, 0.3) is 0 Å². The minimum Gasteiger partial charge on any atom is -0.354 e. The molecule has 0 radical (unpaired) electrons. The van der Waals surface area contributed by atoms with Crippen LogP contribution < -0.4 is 0 Å². The smallest absolute Gasteiger partial charge is 0.174 e. The quantitative estimate of drug-likeness (QED) is 0.735. The fraction of sp³-hybridized carbons (Fsp3) is 0.333. The van der Waals surface area contributed by atoms with E-state index in [-0.39, 0.29) is 6.29 Å². The van der Waals surface area contributed by atoms with Crippen molar-refractivity contribution in [2.24, 2.45) is 0 Å². The maximum atomic E-state index is 5.18. The molecule has 5 heteroatoms. The van der Waals surface area contributed by atoms with Crippen LogP contribution in [0.3, 0.4) is 0 Å². The third-order valence-electron chi connectivity index (χ3n) is 2.54. The molecule has 0 saturated carbocycles. The molecular weight excluding hydrogens is 218 g/mol. The van der Waals surface area contributed by atoms with E-state index in [1.54, 1.807) is 32.9 Å². The van der Waals surface area contributed by atoms with Gasteiger partial charge in [-0.05, 0) is 12.1 Å². The lowest BCUT2D eigenvalue weighted by Crippen LogP contribution is -2.20. The van der Waals surface area contributed by atoms with Crippen molar-refractivity contribution in [1.82, 2.24) is 14.5 Å². The van der Waals surface area contributed by atoms with E-state index in [9.17, 15) is 0 Å². The molecule has 0 aliphatic carbocycles. The third kappa shape index (κ3) is 2.69. The van der Waals surface area contributed by atoms with Crippen LogP contribution in [0, 0.1) is 0 Å². The summed E-state index contributed by atoms with van der Waals surface area (Å²) in [7, 11) is 3.24. The molecule has 0 atom stereocenters. The van der Waals surface area contributed by atoms with Crippen molar-refractivity contribution in [3.8, 4) is 11.3 Å². The van der Waals surface area contributed by atoms with Crippen LogP contribution in [0.2, 0.25) is 0 Å². The zero-order chi connectivity index (χ0) is 12.1. The second kappa shape index (κ2) is 5.56. The Morgan fingerprint density at radius 3 is 2.71 bits per heavy atom. The molecule has 2 rings (SSSR count). The van der Waals surface area contributed by atoms with Crippen LogP contribution in [0.1, 0.15) is 0 Å². The second-order valence-corrected chi connectivity index (χ2v) is 3.57. The molecule has 0 spiro atoms. The van der Waals surface area contributed by atoms with Crippen LogP contribution >= 0.6 is 0 Å². The summed E-state index contributed by atoms with van der Waals surface area (Å²) < 4.78 is 12.3. The molecule has 0 amide bonds. The fourth-order valence-electron chi connectivity index (χ4n) is 1.63. The minimum absolute atomic E-state index is 0.278. The lowest BCUT2D eigenvalue weighted by atomic mass is 10.2. The Morgan fingerprint density at radius 1 is 1.24 bits per heavy atom. The Morgan fingerprint density at radius 2 is 2.06 bits per heavy atom. The number of hydrogen-bond donors (Lipinski definition) is 0. The summed E-state index contributed by atoms with van der Waals surface area (Å²) in [4.78, 5) is 8.24. The summed E-state index contributed by atoms with van der Waals surface area (Å²) in [6.45, 7) is 0.594. The van der Waals surface area contributed by atoms with E-state index in [4.69, 9.17) is 9.47 Å². The van der Waals surface area contributed by atoms with Gasteiger partial charge in [0, 0.05) is 32.2 Å². The molecule has 2 aromatic heterocycles. The minimum atomic E-state index is -0.278. The van der Waals surface area contributed by atoms with Crippen LogP contribution in [-0.4, -0.2) is 35.0 Å². The van der Waals surface area contributed by atoms with Crippen molar-refractivity contribution in [3.63, 3.8) is 0 Å². The molecule has 0 saturated heterocycles. The normalized spacial score (nSPS) is 11.0. The standard InChI is InChI=1S/C12H15N3O2/c1-16-12(17-2)8-15-9-14-7-11(15)10-4-3-5-13-6-10/h3-7,9,12H,8H2,1-2H3. The first kappa shape index (κ1) is 11.8. The van der Waals surface area contributed by atoms with Gasteiger partial charge in [0.2, 0.25) is 0 Å². The molecular formula is C12H15N3O2. The maximum Gasteiger partial charge on any atom is 0.174 e. The first-order valence-electron chi connectivity index (χ1n) is 5.31. The van der Waals surface area contributed by atoms with E-state index in [1.807, 2.05) is 22.9 Å². The summed E-state index contributed by atoms with van der Waals surface area (Å²) in [5.41, 5.74) is 2.02. The van der Waals surface area contributed by atoms with Crippen LogP contribution in [0.5, 0.6) is 0 Å². The van der Waals surface area contributed by atoms with Crippen molar-refractivity contribution in [2.75, 3.05) is 14.2 Å². The molecule has 5 nitrogen and oxygen atoms in total. The monoisotopic (exact) mass is 233 g/mol.